The Bertz CT molecular complexity index is 323. The maximum absolute atomic E-state index is 8.50. The molecule has 0 unspecified atom stereocenters. The van der Waals surface area contributed by atoms with Gasteiger partial charge >= 0.3 is 0 Å². The van der Waals surface area contributed by atoms with Crippen molar-refractivity contribution < 1.29 is 9.15 Å². The molecule has 0 bridgehead atoms. The summed E-state index contributed by atoms with van der Waals surface area (Å²) in [6, 6.07) is 5.87. The summed E-state index contributed by atoms with van der Waals surface area (Å²) in [4.78, 5) is 0. The second-order valence-corrected chi connectivity index (χ2v) is 2.99. The van der Waals surface area contributed by atoms with Gasteiger partial charge in [0.2, 0.25) is 5.76 Å². The van der Waals surface area contributed by atoms with E-state index in [9.17, 15) is 0 Å². The van der Waals surface area contributed by atoms with Crippen LogP contribution in [0.3, 0.4) is 0 Å². The predicted octanol–water partition coefficient (Wildman–Crippen LogP) is 0.640. The lowest BCUT2D eigenvalue weighted by molar-refractivity contribution is -0.00642. The van der Waals surface area contributed by atoms with Crippen molar-refractivity contribution in [1.82, 2.24) is 5.32 Å². The Hall–Kier alpha value is -1.31. The van der Waals surface area contributed by atoms with Gasteiger partial charge in [-0.3, -0.25) is 0 Å². The molecule has 0 aromatic carbocycles. The summed E-state index contributed by atoms with van der Waals surface area (Å²) < 4.78 is 10.2. The molecule has 1 fully saturated rings. The third-order valence-electron chi connectivity index (χ3n) is 1.97. The molecule has 1 saturated heterocycles. The minimum Gasteiger partial charge on any atom is -0.449 e. The standard InChI is InChI=1S/C9H10N2O2/c10-3-8-1-2-9(13-8)4-11-7-5-12-6-7/h1-2,7,11H,4-6H2. The van der Waals surface area contributed by atoms with Gasteiger partial charge in [-0.05, 0) is 12.1 Å². The van der Waals surface area contributed by atoms with Gasteiger partial charge in [-0.25, -0.2) is 0 Å². The van der Waals surface area contributed by atoms with Crippen LogP contribution in [-0.2, 0) is 11.3 Å². The van der Waals surface area contributed by atoms with E-state index < -0.39 is 0 Å². The zero-order valence-electron chi connectivity index (χ0n) is 7.12. The lowest BCUT2D eigenvalue weighted by Gasteiger charge is -2.26. The van der Waals surface area contributed by atoms with Gasteiger partial charge in [-0.15, -0.1) is 0 Å². The van der Waals surface area contributed by atoms with Crippen molar-refractivity contribution in [3.05, 3.63) is 23.7 Å². The molecule has 0 spiro atoms. The van der Waals surface area contributed by atoms with E-state index in [-0.39, 0.29) is 0 Å². The molecular weight excluding hydrogens is 168 g/mol. The Kier molecular flexibility index (Phi) is 2.30. The lowest BCUT2D eigenvalue weighted by Crippen LogP contribution is -2.45. The van der Waals surface area contributed by atoms with E-state index in [1.807, 2.05) is 12.1 Å². The van der Waals surface area contributed by atoms with Crippen molar-refractivity contribution in [1.29, 1.82) is 5.26 Å². The lowest BCUT2D eigenvalue weighted by atomic mass is 10.2. The molecule has 2 heterocycles. The van der Waals surface area contributed by atoms with Crippen molar-refractivity contribution in [2.45, 2.75) is 12.6 Å². The van der Waals surface area contributed by atoms with Gasteiger partial charge in [-0.1, -0.05) is 0 Å². The fourth-order valence-corrected chi connectivity index (χ4v) is 1.13. The van der Waals surface area contributed by atoms with Crippen LogP contribution in [0.2, 0.25) is 0 Å². The number of rotatable bonds is 3. The summed E-state index contributed by atoms with van der Waals surface area (Å²) in [6.07, 6.45) is 0. The van der Waals surface area contributed by atoms with Crippen LogP contribution in [0.5, 0.6) is 0 Å². The smallest absolute Gasteiger partial charge is 0.203 e. The molecule has 0 saturated carbocycles. The molecule has 1 aromatic rings. The molecule has 2 rings (SSSR count). The molecular formula is C9H10N2O2. The van der Waals surface area contributed by atoms with Crippen LogP contribution in [-0.4, -0.2) is 19.3 Å². The third-order valence-corrected chi connectivity index (χ3v) is 1.97. The van der Waals surface area contributed by atoms with Crippen LogP contribution in [0.1, 0.15) is 11.5 Å². The van der Waals surface area contributed by atoms with Gasteiger partial charge in [0.05, 0.1) is 25.8 Å². The normalized spacial score (nSPS) is 16.5. The topological polar surface area (TPSA) is 58.2 Å². The van der Waals surface area contributed by atoms with E-state index in [4.69, 9.17) is 14.4 Å². The molecule has 0 atom stereocenters. The summed E-state index contributed by atoms with van der Waals surface area (Å²) in [7, 11) is 0. The van der Waals surface area contributed by atoms with Crippen LogP contribution in [0.25, 0.3) is 0 Å². The Morgan fingerprint density at radius 1 is 1.54 bits per heavy atom. The highest BCUT2D eigenvalue weighted by Crippen LogP contribution is 2.07. The quantitative estimate of drug-likeness (QED) is 0.737. The number of hydrogen-bond donors (Lipinski definition) is 1. The Balaban J connectivity index is 1.83. The zero-order valence-corrected chi connectivity index (χ0v) is 7.12. The second-order valence-electron chi connectivity index (χ2n) is 2.99. The maximum Gasteiger partial charge on any atom is 0.203 e. The number of ether oxygens (including phenoxy) is 1. The number of nitriles is 1. The fraction of sp³-hybridized carbons (Fsp3) is 0.444. The van der Waals surface area contributed by atoms with Crippen molar-refractivity contribution in [2.75, 3.05) is 13.2 Å². The van der Waals surface area contributed by atoms with E-state index in [1.165, 1.54) is 0 Å². The number of nitrogens with zero attached hydrogens (tertiary/aromatic N) is 1. The predicted molar refractivity (Wildman–Crippen MR) is 44.9 cm³/mol. The first-order chi connectivity index (χ1) is 6.38. The maximum atomic E-state index is 8.50. The number of furan rings is 1. The largest absolute Gasteiger partial charge is 0.449 e. The molecule has 13 heavy (non-hydrogen) atoms. The molecule has 1 N–H and O–H groups in total. The van der Waals surface area contributed by atoms with Crippen molar-refractivity contribution >= 4 is 0 Å². The summed E-state index contributed by atoms with van der Waals surface area (Å²) in [5, 5.41) is 11.7. The first-order valence-corrected chi connectivity index (χ1v) is 4.18. The van der Waals surface area contributed by atoms with Crippen LogP contribution in [0, 0.1) is 11.3 Å². The second kappa shape index (κ2) is 3.60. The Labute approximate surface area is 76.1 Å². The highest BCUT2D eigenvalue weighted by Gasteiger charge is 2.17. The molecule has 4 heteroatoms. The Morgan fingerprint density at radius 3 is 2.92 bits per heavy atom. The molecule has 0 aliphatic carbocycles. The summed E-state index contributed by atoms with van der Waals surface area (Å²) in [5.41, 5.74) is 0. The van der Waals surface area contributed by atoms with Crippen LogP contribution < -0.4 is 5.32 Å². The SMILES string of the molecule is N#Cc1ccc(CNC2COC2)o1. The van der Waals surface area contributed by atoms with Crippen molar-refractivity contribution in [3.63, 3.8) is 0 Å². The first-order valence-electron chi connectivity index (χ1n) is 4.18. The van der Waals surface area contributed by atoms with Crippen molar-refractivity contribution in [2.24, 2.45) is 0 Å². The molecule has 4 nitrogen and oxygen atoms in total. The third kappa shape index (κ3) is 1.89. The van der Waals surface area contributed by atoms with Gasteiger partial charge < -0.3 is 14.5 Å². The minimum absolute atomic E-state index is 0.363. The van der Waals surface area contributed by atoms with Gasteiger partial charge in [0.15, 0.2) is 0 Å². The van der Waals surface area contributed by atoms with Gasteiger partial charge in [0.1, 0.15) is 11.8 Å². The van der Waals surface area contributed by atoms with Gasteiger partial charge in [0.25, 0.3) is 0 Å². The van der Waals surface area contributed by atoms with Crippen LogP contribution in [0.15, 0.2) is 16.5 Å². The first kappa shape index (κ1) is 8.30. The Morgan fingerprint density at radius 2 is 2.38 bits per heavy atom. The average Bonchev–Trinajstić information content (AvgIpc) is 2.49. The van der Waals surface area contributed by atoms with E-state index in [0.717, 1.165) is 19.0 Å². The summed E-state index contributed by atoms with van der Waals surface area (Å²) >= 11 is 0. The molecule has 0 radical (unpaired) electrons. The van der Waals surface area contributed by atoms with E-state index in [0.29, 0.717) is 18.3 Å². The monoisotopic (exact) mass is 178 g/mol. The average molecular weight is 178 g/mol. The highest BCUT2D eigenvalue weighted by atomic mass is 16.5. The highest BCUT2D eigenvalue weighted by molar-refractivity contribution is 5.18. The van der Waals surface area contributed by atoms with Crippen molar-refractivity contribution in [3.8, 4) is 6.07 Å². The van der Waals surface area contributed by atoms with Gasteiger partial charge in [0, 0.05) is 0 Å². The van der Waals surface area contributed by atoms with E-state index >= 15 is 0 Å². The molecule has 1 aliphatic heterocycles. The summed E-state index contributed by atoms with van der Waals surface area (Å²) in [6.45, 7) is 2.20. The number of hydrogen-bond acceptors (Lipinski definition) is 4. The molecule has 68 valence electrons. The summed E-state index contributed by atoms with van der Waals surface area (Å²) in [5.74, 6) is 1.16. The molecule has 0 amide bonds. The number of nitrogens with one attached hydrogen (secondary N) is 1. The van der Waals surface area contributed by atoms with Crippen LogP contribution >= 0.6 is 0 Å². The minimum atomic E-state index is 0.363. The zero-order chi connectivity index (χ0) is 9.10. The van der Waals surface area contributed by atoms with Crippen LogP contribution in [0.4, 0.5) is 0 Å². The molecule has 1 aromatic heterocycles. The molecule has 1 aliphatic rings. The fourth-order valence-electron chi connectivity index (χ4n) is 1.13. The van der Waals surface area contributed by atoms with Gasteiger partial charge in [-0.2, -0.15) is 5.26 Å². The van der Waals surface area contributed by atoms with E-state index in [2.05, 4.69) is 5.32 Å². The van der Waals surface area contributed by atoms with E-state index in [1.54, 1.807) is 6.07 Å².